The molecule has 0 saturated heterocycles. The van der Waals surface area contributed by atoms with Crippen molar-refractivity contribution in [1.29, 1.82) is 0 Å². The van der Waals surface area contributed by atoms with Crippen LogP contribution in [0.3, 0.4) is 0 Å². The zero-order chi connectivity index (χ0) is 9.56. The fourth-order valence-electron chi connectivity index (χ4n) is 0.827. The van der Waals surface area contributed by atoms with Crippen LogP contribution < -0.4 is 0 Å². The molecule has 0 aromatic heterocycles. The van der Waals surface area contributed by atoms with E-state index >= 15 is 0 Å². The van der Waals surface area contributed by atoms with Crippen molar-refractivity contribution < 1.29 is 14.6 Å². The van der Waals surface area contributed by atoms with Gasteiger partial charge in [0.05, 0.1) is 19.1 Å². The van der Waals surface area contributed by atoms with Gasteiger partial charge in [0.25, 0.3) is 0 Å². The van der Waals surface area contributed by atoms with Crippen LogP contribution in [0.1, 0.15) is 13.8 Å². The highest BCUT2D eigenvalue weighted by molar-refractivity contribution is 5.70. The topological polar surface area (TPSA) is 46.5 Å². The fraction of sp³-hybridized carbons (Fsp3) is 0.667. The van der Waals surface area contributed by atoms with E-state index in [1.54, 1.807) is 6.08 Å². The summed E-state index contributed by atoms with van der Waals surface area (Å²) in [4.78, 5) is 10.6. The third kappa shape index (κ3) is 4.13. The molecule has 1 atom stereocenters. The van der Waals surface area contributed by atoms with Gasteiger partial charge in [0, 0.05) is 0 Å². The standard InChI is InChI=1S/C9H16O3/c1-4-5-12-6-8(7(2)3)9(10)11/h4,7-8H,1,5-6H2,2-3H3,(H,10,11)/t8-/m0/s1. The smallest absolute Gasteiger partial charge is 0.309 e. The molecule has 0 heterocycles. The van der Waals surface area contributed by atoms with Crippen molar-refractivity contribution in [3.8, 4) is 0 Å². The molecule has 0 aliphatic carbocycles. The van der Waals surface area contributed by atoms with Crippen molar-refractivity contribution in [3.63, 3.8) is 0 Å². The van der Waals surface area contributed by atoms with E-state index in [1.165, 1.54) is 0 Å². The first-order chi connectivity index (χ1) is 5.59. The molecule has 0 amide bonds. The fourth-order valence-corrected chi connectivity index (χ4v) is 0.827. The van der Waals surface area contributed by atoms with Gasteiger partial charge in [-0.1, -0.05) is 19.9 Å². The predicted molar refractivity (Wildman–Crippen MR) is 47.0 cm³/mol. The minimum absolute atomic E-state index is 0.104. The molecule has 0 aromatic rings. The molecule has 0 unspecified atom stereocenters. The molecule has 3 heteroatoms. The van der Waals surface area contributed by atoms with Crippen LogP contribution in [0.2, 0.25) is 0 Å². The minimum Gasteiger partial charge on any atom is -0.481 e. The lowest BCUT2D eigenvalue weighted by Crippen LogP contribution is -2.25. The molecule has 0 aliphatic rings. The Bertz CT molecular complexity index is 152. The SMILES string of the molecule is C=CCOC[C@H](C(=O)O)C(C)C. The number of hydrogen-bond acceptors (Lipinski definition) is 2. The summed E-state index contributed by atoms with van der Waals surface area (Å²) >= 11 is 0. The first-order valence-electron chi connectivity index (χ1n) is 4.01. The van der Waals surface area contributed by atoms with Gasteiger partial charge in [-0.25, -0.2) is 0 Å². The highest BCUT2D eigenvalue weighted by atomic mass is 16.5. The Labute approximate surface area is 73.0 Å². The second-order valence-corrected chi connectivity index (χ2v) is 3.01. The van der Waals surface area contributed by atoms with Crippen LogP contribution in [0, 0.1) is 11.8 Å². The van der Waals surface area contributed by atoms with Crippen LogP contribution in [-0.2, 0) is 9.53 Å². The van der Waals surface area contributed by atoms with E-state index in [0.717, 1.165) is 0 Å². The Balaban J connectivity index is 3.79. The lowest BCUT2D eigenvalue weighted by Gasteiger charge is -2.15. The van der Waals surface area contributed by atoms with Crippen LogP contribution in [-0.4, -0.2) is 24.3 Å². The number of aliphatic carboxylic acids is 1. The summed E-state index contributed by atoms with van der Waals surface area (Å²) in [6, 6.07) is 0. The molecule has 0 bridgehead atoms. The predicted octanol–water partition coefficient (Wildman–Crippen LogP) is 1.55. The van der Waals surface area contributed by atoms with Crippen LogP contribution in [0.5, 0.6) is 0 Å². The van der Waals surface area contributed by atoms with Gasteiger partial charge >= 0.3 is 5.97 Å². The van der Waals surface area contributed by atoms with Crippen molar-refractivity contribution >= 4 is 5.97 Å². The minimum atomic E-state index is -0.797. The van der Waals surface area contributed by atoms with Gasteiger partial charge in [-0.2, -0.15) is 0 Å². The maximum atomic E-state index is 10.6. The molecule has 0 aliphatic heterocycles. The molecule has 70 valence electrons. The summed E-state index contributed by atoms with van der Waals surface area (Å²) < 4.78 is 5.07. The van der Waals surface area contributed by atoms with Gasteiger partial charge < -0.3 is 9.84 Å². The van der Waals surface area contributed by atoms with Crippen molar-refractivity contribution in [1.82, 2.24) is 0 Å². The quantitative estimate of drug-likeness (QED) is 0.488. The van der Waals surface area contributed by atoms with Gasteiger partial charge in [0.15, 0.2) is 0 Å². The average molecular weight is 172 g/mol. The van der Waals surface area contributed by atoms with E-state index in [2.05, 4.69) is 6.58 Å². The molecule has 0 spiro atoms. The third-order valence-corrected chi connectivity index (χ3v) is 1.66. The van der Waals surface area contributed by atoms with E-state index in [9.17, 15) is 4.79 Å². The van der Waals surface area contributed by atoms with Crippen molar-refractivity contribution in [2.45, 2.75) is 13.8 Å². The van der Waals surface area contributed by atoms with Crippen molar-refractivity contribution in [2.24, 2.45) is 11.8 Å². The highest BCUT2D eigenvalue weighted by Crippen LogP contribution is 2.11. The number of hydrogen-bond donors (Lipinski definition) is 1. The first-order valence-corrected chi connectivity index (χ1v) is 4.01. The summed E-state index contributed by atoms with van der Waals surface area (Å²) in [5.41, 5.74) is 0. The third-order valence-electron chi connectivity index (χ3n) is 1.66. The number of rotatable bonds is 6. The number of carboxylic acid groups (broad SMARTS) is 1. The van der Waals surface area contributed by atoms with E-state index < -0.39 is 11.9 Å². The summed E-state index contributed by atoms with van der Waals surface area (Å²) in [6.45, 7) is 7.89. The average Bonchev–Trinajstić information content (AvgIpc) is 1.96. The molecule has 0 aromatic carbocycles. The van der Waals surface area contributed by atoms with E-state index in [1.807, 2.05) is 13.8 Å². The van der Waals surface area contributed by atoms with Crippen LogP contribution in [0.25, 0.3) is 0 Å². The second kappa shape index (κ2) is 5.77. The van der Waals surface area contributed by atoms with Gasteiger partial charge in [-0.05, 0) is 5.92 Å². The lowest BCUT2D eigenvalue weighted by molar-refractivity contribution is -0.145. The monoisotopic (exact) mass is 172 g/mol. The number of ether oxygens (including phenoxy) is 1. The summed E-state index contributed by atoms with van der Waals surface area (Å²) in [7, 11) is 0. The Morgan fingerprint density at radius 1 is 1.67 bits per heavy atom. The van der Waals surface area contributed by atoms with Crippen LogP contribution >= 0.6 is 0 Å². The highest BCUT2D eigenvalue weighted by Gasteiger charge is 2.20. The molecule has 12 heavy (non-hydrogen) atoms. The van der Waals surface area contributed by atoms with Crippen molar-refractivity contribution in [3.05, 3.63) is 12.7 Å². The van der Waals surface area contributed by atoms with Gasteiger partial charge in [0.1, 0.15) is 0 Å². The molecule has 0 radical (unpaired) electrons. The van der Waals surface area contributed by atoms with Crippen molar-refractivity contribution in [2.75, 3.05) is 13.2 Å². The molecular formula is C9H16O3. The molecule has 3 nitrogen and oxygen atoms in total. The zero-order valence-corrected chi connectivity index (χ0v) is 7.62. The molecule has 0 saturated carbocycles. The molecule has 0 fully saturated rings. The number of carbonyl (C=O) groups is 1. The van der Waals surface area contributed by atoms with Gasteiger partial charge in [0.2, 0.25) is 0 Å². The molecule has 1 N–H and O–H groups in total. The first kappa shape index (κ1) is 11.2. The Morgan fingerprint density at radius 3 is 2.58 bits per heavy atom. The normalized spacial score (nSPS) is 12.9. The maximum absolute atomic E-state index is 10.6. The lowest BCUT2D eigenvalue weighted by atomic mass is 9.97. The van der Waals surface area contributed by atoms with Gasteiger partial charge in [-0.3, -0.25) is 4.79 Å². The maximum Gasteiger partial charge on any atom is 0.309 e. The van der Waals surface area contributed by atoms with E-state index in [-0.39, 0.29) is 12.5 Å². The Kier molecular flexibility index (Phi) is 5.37. The Morgan fingerprint density at radius 2 is 2.25 bits per heavy atom. The largest absolute Gasteiger partial charge is 0.481 e. The summed E-state index contributed by atoms with van der Waals surface area (Å²) in [5, 5.41) is 8.74. The van der Waals surface area contributed by atoms with Gasteiger partial charge in [-0.15, -0.1) is 6.58 Å². The summed E-state index contributed by atoms with van der Waals surface area (Å²) in [5.74, 6) is -1.11. The molecular weight excluding hydrogens is 156 g/mol. The zero-order valence-electron chi connectivity index (χ0n) is 7.62. The summed E-state index contributed by atoms with van der Waals surface area (Å²) in [6.07, 6.45) is 1.61. The van der Waals surface area contributed by atoms with Crippen LogP contribution in [0.15, 0.2) is 12.7 Å². The molecule has 0 rings (SSSR count). The Hall–Kier alpha value is -0.830. The van der Waals surface area contributed by atoms with E-state index in [0.29, 0.717) is 6.61 Å². The van der Waals surface area contributed by atoms with E-state index in [4.69, 9.17) is 9.84 Å². The van der Waals surface area contributed by atoms with Crippen LogP contribution in [0.4, 0.5) is 0 Å². The number of carboxylic acids is 1. The second-order valence-electron chi connectivity index (χ2n) is 3.01.